The van der Waals surface area contributed by atoms with E-state index in [1.165, 1.54) is 0 Å². The molecule has 0 bridgehead atoms. The third kappa shape index (κ3) is 9.04. The lowest BCUT2D eigenvalue weighted by atomic mass is 10.0. The van der Waals surface area contributed by atoms with Crippen molar-refractivity contribution in [1.29, 1.82) is 0 Å². The molecule has 0 unspecified atom stereocenters. The van der Waals surface area contributed by atoms with Crippen molar-refractivity contribution in [3.05, 3.63) is 77.9 Å². The zero-order valence-electron chi connectivity index (χ0n) is 24.3. The van der Waals surface area contributed by atoms with Crippen molar-refractivity contribution in [1.82, 2.24) is 4.90 Å². The molecule has 3 aromatic carbocycles. The van der Waals surface area contributed by atoms with Crippen LogP contribution in [0.15, 0.2) is 66.7 Å². The van der Waals surface area contributed by atoms with E-state index < -0.39 is 0 Å². The number of benzene rings is 3. The quantitative estimate of drug-likeness (QED) is 0.152. The summed E-state index contributed by atoms with van der Waals surface area (Å²) in [7, 11) is 3.25. The Morgan fingerprint density at radius 1 is 0.800 bits per heavy atom. The molecular formula is C33H41NO6. The minimum absolute atomic E-state index is 0.0128. The van der Waals surface area contributed by atoms with E-state index in [4.69, 9.17) is 18.9 Å². The van der Waals surface area contributed by atoms with E-state index in [9.17, 15) is 9.59 Å². The van der Waals surface area contributed by atoms with E-state index in [0.29, 0.717) is 43.2 Å². The van der Waals surface area contributed by atoms with Gasteiger partial charge < -0.3 is 23.8 Å². The highest BCUT2D eigenvalue weighted by molar-refractivity contribution is 5.95. The lowest BCUT2D eigenvalue weighted by molar-refractivity contribution is -0.143. The Balaban J connectivity index is 1.61. The third-order valence-electron chi connectivity index (χ3n) is 6.55. The van der Waals surface area contributed by atoms with Crippen molar-refractivity contribution >= 4 is 11.9 Å². The highest BCUT2D eigenvalue weighted by Gasteiger charge is 2.20. The van der Waals surface area contributed by atoms with Crippen LogP contribution in [0.3, 0.4) is 0 Å². The molecule has 0 fully saturated rings. The largest absolute Gasteiger partial charge is 0.497 e. The van der Waals surface area contributed by atoms with Crippen LogP contribution in [0.5, 0.6) is 17.2 Å². The molecule has 0 radical (unpaired) electrons. The van der Waals surface area contributed by atoms with Crippen molar-refractivity contribution in [3.8, 4) is 28.4 Å². The number of carbonyl (C=O) groups excluding carboxylic acids is 2. The number of carbonyl (C=O) groups is 2. The first-order valence-electron chi connectivity index (χ1n) is 13.9. The van der Waals surface area contributed by atoms with Gasteiger partial charge in [0.25, 0.3) is 5.91 Å². The Labute approximate surface area is 238 Å². The highest BCUT2D eigenvalue weighted by atomic mass is 16.5. The smallest absolute Gasteiger partial charge is 0.305 e. The number of nitrogens with zero attached hydrogens (tertiary/aromatic N) is 1. The number of amides is 1. The molecule has 0 aliphatic carbocycles. The normalized spacial score (nSPS) is 10.8. The molecule has 214 valence electrons. The van der Waals surface area contributed by atoms with Crippen LogP contribution < -0.4 is 14.2 Å². The van der Waals surface area contributed by atoms with Crippen LogP contribution in [0.2, 0.25) is 0 Å². The fraction of sp³-hybridized carbons (Fsp3) is 0.394. The maximum atomic E-state index is 13.5. The summed E-state index contributed by atoms with van der Waals surface area (Å²) in [4.78, 5) is 26.8. The molecule has 1 amide bonds. The van der Waals surface area contributed by atoms with E-state index >= 15 is 0 Å². The number of ether oxygens (including phenoxy) is 4. The highest BCUT2D eigenvalue weighted by Crippen LogP contribution is 2.30. The molecule has 7 nitrogen and oxygen atoms in total. The zero-order chi connectivity index (χ0) is 28.9. The molecule has 0 heterocycles. The molecule has 0 aliphatic heterocycles. The SMILES string of the molecule is CCOC(=O)CCCCCOc1cccc(CN(C(=O)c2ccc(-c3cc(OC)cc(OC)c3)cc2)C(C)C)c1. The summed E-state index contributed by atoms with van der Waals surface area (Å²) >= 11 is 0. The van der Waals surface area contributed by atoms with E-state index in [0.717, 1.165) is 41.7 Å². The Morgan fingerprint density at radius 2 is 1.50 bits per heavy atom. The van der Waals surface area contributed by atoms with Gasteiger partial charge in [0.05, 0.1) is 27.4 Å². The van der Waals surface area contributed by atoms with Crippen molar-refractivity contribution in [2.75, 3.05) is 27.4 Å². The second-order valence-corrected chi connectivity index (χ2v) is 9.82. The van der Waals surface area contributed by atoms with Gasteiger partial charge in [-0.2, -0.15) is 0 Å². The van der Waals surface area contributed by atoms with Gasteiger partial charge in [0, 0.05) is 30.6 Å². The first kappa shape index (κ1) is 30.5. The van der Waals surface area contributed by atoms with Crippen LogP contribution in [0, 0.1) is 0 Å². The predicted molar refractivity (Wildman–Crippen MR) is 157 cm³/mol. The van der Waals surface area contributed by atoms with Gasteiger partial charge >= 0.3 is 5.97 Å². The number of hydrogen-bond donors (Lipinski definition) is 0. The topological polar surface area (TPSA) is 74.3 Å². The maximum Gasteiger partial charge on any atom is 0.305 e. The summed E-state index contributed by atoms with van der Waals surface area (Å²) in [5, 5.41) is 0. The summed E-state index contributed by atoms with van der Waals surface area (Å²) < 4.78 is 21.7. The van der Waals surface area contributed by atoms with Gasteiger partial charge in [-0.3, -0.25) is 9.59 Å². The second kappa shape index (κ2) is 15.6. The summed E-state index contributed by atoms with van der Waals surface area (Å²) in [6, 6.07) is 21.2. The van der Waals surface area contributed by atoms with Crippen LogP contribution >= 0.6 is 0 Å². The zero-order valence-corrected chi connectivity index (χ0v) is 24.3. The van der Waals surface area contributed by atoms with Gasteiger partial charge in [-0.1, -0.05) is 24.3 Å². The molecule has 0 spiro atoms. The molecule has 3 rings (SSSR count). The number of methoxy groups -OCH3 is 2. The van der Waals surface area contributed by atoms with Crippen LogP contribution in [0.4, 0.5) is 0 Å². The van der Waals surface area contributed by atoms with Gasteiger partial charge in [0.2, 0.25) is 0 Å². The molecule has 40 heavy (non-hydrogen) atoms. The average Bonchev–Trinajstić information content (AvgIpc) is 2.97. The first-order valence-corrected chi connectivity index (χ1v) is 13.9. The Bertz CT molecular complexity index is 1220. The molecule has 7 heteroatoms. The van der Waals surface area contributed by atoms with Gasteiger partial charge in [-0.15, -0.1) is 0 Å². The van der Waals surface area contributed by atoms with Crippen LogP contribution in [-0.2, 0) is 16.1 Å². The standard InChI is InChI=1S/C33H41NO6/c1-6-39-32(35)13-8-7-9-18-40-29-12-10-11-25(19-29)23-34(24(2)3)33(36)27-16-14-26(15-17-27)28-20-30(37-4)22-31(21-28)38-5/h10-12,14-17,19-22,24H,6-9,13,18,23H2,1-5H3. The third-order valence-corrected chi connectivity index (χ3v) is 6.55. The monoisotopic (exact) mass is 547 g/mol. The summed E-state index contributed by atoms with van der Waals surface area (Å²) in [5.74, 6) is 2.02. The van der Waals surface area contributed by atoms with Crippen molar-refractivity contribution in [2.45, 2.75) is 59.0 Å². The van der Waals surface area contributed by atoms with Crippen molar-refractivity contribution in [2.24, 2.45) is 0 Å². The summed E-state index contributed by atoms with van der Waals surface area (Å²) in [6.07, 6.45) is 3.00. The van der Waals surface area contributed by atoms with E-state index in [1.54, 1.807) is 14.2 Å². The van der Waals surface area contributed by atoms with Crippen molar-refractivity contribution in [3.63, 3.8) is 0 Å². The molecule has 0 aromatic heterocycles. The van der Waals surface area contributed by atoms with E-state index in [-0.39, 0.29) is 17.9 Å². The number of rotatable bonds is 15. The van der Waals surface area contributed by atoms with E-state index in [2.05, 4.69) is 0 Å². The molecule has 3 aromatic rings. The maximum absolute atomic E-state index is 13.5. The fourth-order valence-electron chi connectivity index (χ4n) is 4.34. The lowest BCUT2D eigenvalue weighted by Gasteiger charge is -2.27. The average molecular weight is 548 g/mol. The van der Waals surface area contributed by atoms with Gasteiger partial charge in [-0.05, 0) is 93.1 Å². The molecule has 0 N–H and O–H groups in total. The molecule has 0 aliphatic rings. The first-order chi connectivity index (χ1) is 19.3. The molecule has 0 saturated carbocycles. The van der Waals surface area contributed by atoms with Crippen LogP contribution in [0.25, 0.3) is 11.1 Å². The minimum atomic E-state index is -0.145. The molecule has 0 atom stereocenters. The Morgan fingerprint density at radius 3 is 2.12 bits per heavy atom. The van der Waals surface area contributed by atoms with Crippen LogP contribution in [0.1, 0.15) is 62.4 Å². The van der Waals surface area contributed by atoms with Gasteiger partial charge in [0.1, 0.15) is 17.2 Å². The number of esters is 1. The Hall–Kier alpha value is -4.00. The number of unbranched alkanes of at least 4 members (excludes halogenated alkanes) is 2. The predicted octanol–water partition coefficient (Wildman–Crippen LogP) is 6.92. The fourth-order valence-corrected chi connectivity index (χ4v) is 4.34. The van der Waals surface area contributed by atoms with Gasteiger partial charge in [0.15, 0.2) is 0 Å². The van der Waals surface area contributed by atoms with Crippen molar-refractivity contribution < 1.29 is 28.5 Å². The Kier molecular flexibility index (Phi) is 11.9. The lowest BCUT2D eigenvalue weighted by Crippen LogP contribution is -2.36. The molecular weight excluding hydrogens is 506 g/mol. The summed E-state index contributed by atoms with van der Waals surface area (Å²) in [5.41, 5.74) is 3.55. The summed E-state index contributed by atoms with van der Waals surface area (Å²) in [6.45, 7) is 7.32. The number of hydrogen-bond acceptors (Lipinski definition) is 6. The van der Waals surface area contributed by atoms with Crippen LogP contribution in [-0.4, -0.2) is 50.3 Å². The molecule has 0 saturated heterocycles. The van der Waals surface area contributed by atoms with Gasteiger partial charge in [-0.25, -0.2) is 0 Å². The second-order valence-electron chi connectivity index (χ2n) is 9.82. The van der Waals surface area contributed by atoms with E-state index in [1.807, 2.05) is 92.4 Å². The minimum Gasteiger partial charge on any atom is -0.497 e.